The van der Waals surface area contributed by atoms with E-state index in [1.165, 1.54) is 0 Å². The van der Waals surface area contributed by atoms with Gasteiger partial charge in [-0.05, 0) is 85.3 Å². The minimum absolute atomic E-state index is 0.0637. The van der Waals surface area contributed by atoms with Crippen molar-refractivity contribution < 1.29 is 43.2 Å². The molecule has 44 heavy (non-hydrogen) atoms. The number of ether oxygens (including phenoxy) is 5. The monoisotopic (exact) mass is 602 g/mol. The molecule has 0 spiro atoms. The first-order chi connectivity index (χ1) is 21.4. The van der Waals surface area contributed by atoms with E-state index in [1.807, 2.05) is 36.4 Å². The summed E-state index contributed by atoms with van der Waals surface area (Å²) in [6.45, 7) is 7.89. The van der Waals surface area contributed by atoms with Gasteiger partial charge in [-0.2, -0.15) is 0 Å². The third kappa shape index (κ3) is 11.8. The van der Waals surface area contributed by atoms with Crippen molar-refractivity contribution >= 4 is 17.9 Å². The molecule has 0 heterocycles. The number of aliphatic hydroxyl groups is 1. The highest BCUT2D eigenvalue weighted by Crippen LogP contribution is 2.25. The SMILES string of the molecule is C=CC(=O)OCCCOc1ccc(C(=O)Oc2ccc(-c3ccc(OCCCCCCOC(=O)C(=C)CO)cc3)cc2)cc1. The van der Waals surface area contributed by atoms with Crippen molar-refractivity contribution in [2.24, 2.45) is 0 Å². The average Bonchev–Trinajstić information content (AvgIpc) is 3.06. The highest BCUT2D eigenvalue weighted by Gasteiger charge is 2.10. The number of hydrogen-bond donors (Lipinski definition) is 1. The first-order valence-corrected chi connectivity index (χ1v) is 14.4. The van der Waals surface area contributed by atoms with E-state index in [9.17, 15) is 14.4 Å². The lowest BCUT2D eigenvalue weighted by molar-refractivity contribution is -0.140. The van der Waals surface area contributed by atoms with Gasteiger partial charge in [-0.15, -0.1) is 0 Å². The van der Waals surface area contributed by atoms with Crippen molar-refractivity contribution in [2.45, 2.75) is 32.1 Å². The Balaban J connectivity index is 1.35. The molecule has 0 atom stereocenters. The lowest BCUT2D eigenvalue weighted by atomic mass is 10.1. The summed E-state index contributed by atoms with van der Waals surface area (Å²) in [4.78, 5) is 35.0. The third-order valence-corrected chi connectivity index (χ3v) is 6.33. The molecule has 0 aliphatic rings. The maximum absolute atomic E-state index is 12.6. The summed E-state index contributed by atoms with van der Waals surface area (Å²) in [5.74, 6) is 0.310. The van der Waals surface area contributed by atoms with E-state index in [1.54, 1.807) is 36.4 Å². The molecule has 3 rings (SSSR count). The predicted octanol–water partition coefficient (Wildman–Crippen LogP) is 6.10. The van der Waals surface area contributed by atoms with E-state index in [4.69, 9.17) is 28.8 Å². The van der Waals surface area contributed by atoms with Crippen molar-refractivity contribution in [1.29, 1.82) is 0 Å². The molecule has 0 radical (unpaired) electrons. The highest BCUT2D eigenvalue weighted by atomic mass is 16.5. The lowest BCUT2D eigenvalue weighted by Crippen LogP contribution is -2.10. The number of esters is 3. The van der Waals surface area contributed by atoms with E-state index in [-0.39, 0.29) is 12.2 Å². The van der Waals surface area contributed by atoms with Crippen LogP contribution in [0.15, 0.2) is 97.6 Å². The Morgan fingerprint density at radius 3 is 1.70 bits per heavy atom. The fourth-order valence-electron chi connectivity index (χ4n) is 3.87. The summed E-state index contributed by atoms with van der Waals surface area (Å²) in [7, 11) is 0. The van der Waals surface area contributed by atoms with Crippen LogP contribution < -0.4 is 14.2 Å². The van der Waals surface area contributed by atoms with Gasteiger partial charge in [0.1, 0.15) is 17.2 Å². The van der Waals surface area contributed by atoms with Crippen LogP contribution in [-0.4, -0.2) is 56.0 Å². The maximum Gasteiger partial charge on any atom is 0.343 e. The van der Waals surface area contributed by atoms with Crippen molar-refractivity contribution in [3.63, 3.8) is 0 Å². The lowest BCUT2D eigenvalue weighted by Gasteiger charge is -2.09. The summed E-state index contributed by atoms with van der Waals surface area (Å²) in [5.41, 5.74) is 2.43. The molecular formula is C35H38O9. The number of hydrogen-bond acceptors (Lipinski definition) is 9. The standard InChI is InChI=1S/C35H38O9/c1-3-33(37)42-24-8-23-41-31-17-13-29(14-18-31)35(39)44-32-19-11-28(12-20-32)27-9-15-30(16-10-27)40-21-6-4-5-7-22-43-34(38)26(2)25-36/h3,9-20,36H,1-2,4-8,21-25H2. The first-order valence-electron chi connectivity index (χ1n) is 14.4. The molecule has 9 heteroatoms. The summed E-state index contributed by atoms with van der Waals surface area (Å²) in [6.07, 6.45) is 5.14. The quantitative estimate of drug-likeness (QED) is 0.0751. The molecule has 0 saturated heterocycles. The molecule has 0 bridgehead atoms. The molecule has 1 N–H and O–H groups in total. The minimum Gasteiger partial charge on any atom is -0.494 e. The van der Waals surface area contributed by atoms with Crippen LogP contribution in [0, 0.1) is 0 Å². The Bertz CT molecular complexity index is 1360. The van der Waals surface area contributed by atoms with Crippen molar-refractivity contribution in [1.82, 2.24) is 0 Å². The summed E-state index contributed by atoms with van der Waals surface area (Å²) in [5, 5.41) is 8.84. The summed E-state index contributed by atoms with van der Waals surface area (Å²) < 4.78 is 26.9. The second kappa shape index (κ2) is 18.6. The Kier molecular flexibility index (Phi) is 14.2. The van der Waals surface area contributed by atoms with Crippen LogP contribution in [0.2, 0.25) is 0 Å². The number of carbonyl (C=O) groups is 3. The van der Waals surface area contributed by atoms with E-state index in [2.05, 4.69) is 13.2 Å². The van der Waals surface area contributed by atoms with Gasteiger partial charge in [-0.25, -0.2) is 14.4 Å². The smallest absolute Gasteiger partial charge is 0.343 e. The second-order valence-electron chi connectivity index (χ2n) is 9.70. The maximum atomic E-state index is 12.6. The van der Waals surface area contributed by atoms with Gasteiger partial charge in [0.2, 0.25) is 0 Å². The Labute approximate surface area is 257 Å². The molecular weight excluding hydrogens is 564 g/mol. The molecule has 0 unspecified atom stereocenters. The highest BCUT2D eigenvalue weighted by molar-refractivity contribution is 5.91. The van der Waals surface area contributed by atoms with Gasteiger partial charge >= 0.3 is 17.9 Å². The Morgan fingerprint density at radius 2 is 1.14 bits per heavy atom. The zero-order chi connectivity index (χ0) is 31.6. The van der Waals surface area contributed by atoms with E-state index in [0.29, 0.717) is 43.3 Å². The van der Waals surface area contributed by atoms with Gasteiger partial charge in [0.05, 0.1) is 44.2 Å². The van der Waals surface area contributed by atoms with Gasteiger partial charge in [-0.1, -0.05) is 37.4 Å². The van der Waals surface area contributed by atoms with Crippen LogP contribution in [0.25, 0.3) is 11.1 Å². The van der Waals surface area contributed by atoms with Gasteiger partial charge < -0.3 is 28.8 Å². The number of rotatable bonds is 19. The number of carbonyl (C=O) groups excluding carboxylic acids is 3. The molecule has 0 fully saturated rings. The molecule has 9 nitrogen and oxygen atoms in total. The number of unbranched alkanes of at least 4 members (excludes halogenated alkanes) is 3. The summed E-state index contributed by atoms with van der Waals surface area (Å²) in [6, 6.07) is 21.7. The van der Waals surface area contributed by atoms with Crippen LogP contribution in [0.5, 0.6) is 17.2 Å². The van der Waals surface area contributed by atoms with Crippen LogP contribution in [0.1, 0.15) is 42.5 Å². The fourth-order valence-corrected chi connectivity index (χ4v) is 3.87. The Morgan fingerprint density at radius 1 is 0.636 bits per heavy atom. The molecule has 3 aromatic carbocycles. The third-order valence-electron chi connectivity index (χ3n) is 6.33. The van der Waals surface area contributed by atoms with Crippen LogP contribution in [0.4, 0.5) is 0 Å². The first kappa shape index (κ1) is 33.6. The molecule has 0 saturated carbocycles. The van der Waals surface area contributed by atoms with Crippen LogP contribution in [0.3, 0.4) is 0 Å². The van der Waals surface area contributed by atoms with Crippen LogP contribution in [-0.2, 0) is 19.1 Å². The van der Waals surface area contributed by atoms with E-state index in [0.717, 1.165) is 48.6 Å². The molecule has 0 aliphatic heterocycles. The molecule has 0 amide bonds. The molecule has 232 valence electrons. The number of aliphatic hydroxyl groups excluding tert-OH is 1. The summed E-state index contributed by atoms with van der Waals surface area (Å²) >= 11 is 0. The van der Waals surface area contributed by atoms with Gasteiger partial charge in [-0.3, -0.25) is 0 Å². The average molecular weight is 603 g/mol. The topological polar surface area (TPSA) is 118 Å². The van der Waals surface area contributed by atoms with Crippen molar-refractivity contribution in [2.75, 3.05) is 33.0 Å². The van der Waals surface area contributed by atoms with E-state index < -0.39 is 24.5 Å². The second-order valence-corrected chi connectivity index (χ2v) is 9.70. The van der Waals surface area contributed by atoms with Crippen molar-refractivity contribution in [3.05, 3.63) is 103 Å². The van der Waals surface area contributed by atoms with Crippen LogP contribution >= 0.6 is 0 Å². The predicted molar refractivity (Wildman–Crippen MR) is 166 cm³/mol. The number of benzene rings is 3. The largest absolute Gasteiger partial charge is 0.494 e. The molecule has 0 aromatic heterocycles. The molecule has 3 aromatic rings. The van der Waals surface area contributed by atoms with Gasteiger partial charge in [0, 0.05) is 12.5 Å². The van der Waals surface area contributed by atoms with Gasteiger partial charge in [0.15, 0.2) is 0 Å². The molecule has 0 aliphatic carbocycles. The van der Waals surface area contributed by atoms with Gasteiger partial charge in [0.25, 0.3) is 0 Å². The minimum atomic E-state index is -0.552. The van der Waals surface area contributed by atoms with Crippen molar-refractivity contribution in [3.8, 4) is 28.4 Å². The Hall–Kier alpha value is -4.89. The zero-order valence-corrected chi connectivity index (χ0v) is 24.7. The van der Waals surface area contributed by atoms with E-state index >= 15 is 0 Å². The zero-order valence-electron chi connectivity index (χ0n) is 24.7. The fraction of sp³-hybridized carbons (Fsp3) is 0.286. The normalized spacial score (nSPS) is 10.4.